The van der Waals surface area contributed by atoms with Crippen LogP contribution in [0.5, 0.6) is 0 Å². The molecule has 0 heterocycles. The maximum Gasteiger partial charge on any atom is 0.0221 e. The molecule has 76 valence electrons. The zero-order chi connectivity index (χ0) is 10.5. The molecule has 1 atom stereocenters. The topological polar surface area (TPSA) is 12.0 Å². The molecule has 0 saturated heterocycles. The predicted molar refractivity (Wildman–Crippen MR) is 60.9 cm³/mol. The monoisotopic (exact) mass is 181 g/mol. The van der Waals surface area contributed by atoms with Crippen LogP contribution >= 0.6 is 0 Å². The minimum absolute atomic E-state index is 0.249. The van der Waals surface area contributed by atoms with Crippen molar-refractivity contribution in [2.24, 2.45) is 5.41 Å². The number of hydrogen-bond donors (Lipinski definition) is 1. The van der Waals surface area contributed by atoms with Gasteiger partial charge < -0.3 is 5.32 Å². The van der Waals surface area contributed by atoms with Gasteiger partial charge in [-0.25, -0.2) is 0 Å². The standard InChI is InChI=1S/C12H23N/c1-7-11(12(3,4)5)9-8-10(2)13-6/h7-10,13H,1-6H3/b9-8-,11-7+. The number of nitrogens with one attached hydrogen (secondary N) is 1. The van der Waals surface area contributed by atoms with Gasteiger partial charge in [-0.15, -0.1) is 0 Å². The summed E-state index contributed by atoms with van der Waals surface area (Å²) in [6, 6.07) is 0.442. The maximum atomic E-state index is 3.18. The van der Waals surface area contributed by atoms with Crippen LogP contribution in [0.15, 0.2) is 23.8 Å². The van der Waals surface area contributed by atoms with Gasteiger partial charge in [-0.3, -0.25) is 0 Å². The minimum atomic E-state index is 0.249. The number of hydrogen-bond acceptors (Lipinski definition) is 1. The summed E-state index contributed by atoms with van der Waals surface area (Å²) in [5.74, 6) is 0. The molecule has 0 aromatic carbocycles. The highest BCUT2D eigenvalue weighted by molar-refractivity contribution is 5.24. The first-order valence-electron chi connectivity index (χ1n) is 4.94. The summed E-state index contributed by atoms with van der Waals surface area (Å²) >= 11 is 0. The van der Waals surface area contributed by atoms with E-state index in [9.17, 15) is 0 Å². The second-order valence-electron chi connectivity index (χ2n) is 4.43. The lowest BCUT2D eigenvalue weighted by Gasteiger charge is -2.20. The van der Waals surface area contributed by atoms with Crippen molar-refractivity contribution in [2.75, 3.05) is 7.05 Å². The summed E-state index contributed by atoms with van der Waals surface area (Å²) < 4.78 is 0. The quantitative estimate of drug-likeness (QED) is 0.660. The Kier molecular flexibility index (Phi) is 5.01. The average Bonchev–Trinajstić information content (AvgIpc) is 2.02. The van der Waals surface area contributed by atoms with Crippen LogP contribution in [-0.2, 0) is 0 Å². The molecule has 1 unspecified atom stereocenters. The van der Waals surface area contributed by atoms with Crippen LogP contribution in [0.3, 0.4) is 0 Å². The van der Waals surface area contributed by atoms with Gasteiger partial charge in [0.15, 0.2) is 0 Å². The van der Waals surface area contributed by atoms with Crippen LogP contribution in [0.25, 0.3) is 0 Å². The third kappa shape index (κ3) is 4.89. The SMILES string of the molecule is C/C=C(\C=C/C(C)NC)C(C)(C)C. The normalized spacial score (nSPS) is 16.6. The second kappa shape index (κ2) is 5.23. The number of rotatable bonds is 3. The van der Waals surface area contributed by atoms with Gasteiger partial charge in [0, 0.05) is 6.04 Å². The lowest BCUT2D eigenvalue weighted by molar-refractivity contribution is 0.515. The smallest absolute Gasteiger partial charge is 0.0221 e. The number of allylic oxidation sites excluding steroid dienone is 3. The molecule has 0 rings (SSSR count). The Bertz CT molecular complexity index is 194. The van der Waals surface area contributed by atoms with E-state index in [-0.39, 0.29) is 5.41 Å². The Morgan fingerprint density at radius 2 is 1.85 bits per heavy atom. The zero-order valence-corrected chi connectivity index (χ0v) is 9.81. The lowest BCUT2D eigenvalue weighted by Crippen LogP contribution is -2.18. The van der Waals surface area contributed by atoms with Crippen molar-refractivity contribution in [1.82, 2.24) is 5.32 Å². The molecule has 0 aromatic heterocycles. The van der Waals surface area contributed by atoms with Gasteiger partial charge in [-0.05, 0) is 31.9 Å². The van der Waals surface area contributed by atoms with Gasteiger partial charge in [0.2, 0.25) is 0 Å². The van der Waals surface area contributed by atoms with E-state index < -0.39 is 0 Å². The van der Waals surface area contributed by atoms with Crippen LogP contribution in [-0.4, -0.2) is 13.1 Å². The first kappa shape index (κ1) is 12.4. The molecule has 0 radical (unpaired) electrons. The molecule has 1 N–H and O–H groups in total. The summed E-state index contributed by atoms with van der Waals surface area (Å²) in [7, 11) is 1.97. The summed E-state index contributed by atoms with van der Waals surface area (Å²) in [6.45, 7) is 10.9. The minimum Gasteiger partial charge on any atom is -0.314 e. The molecular formula is C12H23N. The molecule has 0 spiro atoms. The van der Waals surface area contributed by atoms with E-state index in [1.165, 1.54) is 5.57 Å². The van der Waals surface area contributed by atoms with Crippen molar-refractivity contribution >= 4 is 0 Å². The van der Waals surface area contributed by atoms with Crippen LogP contribution in [0.1, 0.15) is 34.6 Å². The Morgan fingerprint density at radius 3 is 2.15 bits per heavy atom. The van der Waals surface area contributed by atoms with Crippen molar-refractivity contribution in [1.29, 1.82) is 0 Å². The van der Waals surface area contributed by atoms with Gasteiger partial charge in [-0.1, -0.05) is 39.0 Å². The molecule has 0 saturated carbocycles. The van der Waals surface area contributed by atoms with E-state index in [1.807, 2.05) is 7.05 Å². The molecule has 0 aromatic rings. The predicted octanol–water partition coefficient (Wildman–Crippen LogP) is 3.14. The van der Waals surface area contributed by atoms with E-state index in [0.717, 1.165) is 0 Å². The lowest BCUT2D eigenvalue weighted by atomic mass is 9.86. The van der Waals surface area contributed by atoms with Crippen LogP contribution in [0.4, 0.5) is 0 Å². The highest BCUT2D eigenvalue weighted by Gasteiger charge is 2.13. The van der Waals surface area contributed by atoms with Crippen LogP contribution in [0, 0.1) is 5.41 Å². The maximum absolute atomic E-state index is 3.18. The third-order valence-corrected chi connectivity index (χ3v) is 2.20. The molecule has 1 nitrogen and oxygen atoms in total. The molecule has 13 heavy (non-hydrogen) atoms. The largest absolute Gasteiger partial charge is 0.314 e. The Morgan fingerprint density at radius 1 is 1.31 bits per heavy atom. The summed E-state index contributed by atoms with van der Waals surface area (Å²) in [6.07, 6.45) is 6.58. The highest BCUT2D eigenvalue weighted by Crippen LogP contribution is 2.25. The van der Waals surface area contributed by atoms with Crippen molar-refractivity contribution in [2.45, 2.75) is 40.7 Å². The average molecular weight is 181 g/mol. The molecule has 0 amide bonds. The molecule has 1 heteroatoms. The van der Waals surface area contributed by atoms with Crippen molar-refractivity contribution in [3.63, 3.8) is 0 Å². The van der Waals surface area contributed by atoms with E-state index in [1.54, 1.807) is 0 Å². The zero-order valence-electron chi connectivity index (χ0n) is 9.81. The third-order valence-electron chi connectivity index (χ3n) is 2.20. The van der Waals surface area contributed by atoms with Crippen molar-refractivity contribution < 1.29 is 0 Å². The van der Waals surface area contributed by atoms with E-state index in [4.69, 9.17) is 0 Å². The van der Waals surface area contributed by atoms with E-state index in [2.05, 4.69) is 58.2 Å². The molecule has 0 aliphatic rings. The van der Waals surface area contributed by atoms with Crippen molar-refractivity contribution in [3.8, 4) is 0 Å². The van der Waals surface area contributed by atoms with Gasteiger partial charge in [0.1, 0.15) is 0 Å². The second-order valence-corrected chi connectivity index (χ2v) is 4.43. The summed E-state index contributed by atoms with van der Waals surface area (Å²) in [5, 5.41) is 3.18. The molecule has 0 bridgehead atoms. The molecule has 0 fully saturated rings. The fourth-order valence-electron chi connectivity index (χ4n) is 1.12. The van der Waals surface area contributed by atoms with Gasteiger partial charge in [0.25, 0.3) is 0 Å². The van der Waals surface area contributed by atoms with E-state index >= 15 is 0 Å². The van der Waals surface area contributed by atoms with Crippen LogP contribution in [0.2, 0.25) is 0 Å². The summed E-state index contributed by atoms with van der Waals surface area (Å²) in [4.78, 5) is 0. The fourth-order valence-corrected chi connectivity index (χ4v) is 1.12. The highest BCUT2D eigenvalue weighted by atomic mass is 14.8. The Hall–Kier alpha value is -0.560. The molecule has 0 aliphatic heterocycles. The Labute approximate surface area is 82.9 Å². The molecule has 0 aliphatic carbocycles. The Balaban J connectivity index is 4.41. The number of likely N-dealkylation sites (N-methyl/N-ethyl adjacent to an activating group) is 1. The van der Waals surface area contributed by atoms with Gasteiger partial charge in [-0.2, -0.15) is 0 Å². The van der Waals surface area contributed by atoms with Crippen LogP contribution < -0.4 is 5.32 Å². The molecular weight excluding hydrogens is 158 g/mol. The van der Waals surface area contributed by atoms with Gasteiger partial charge in [0.05, 0.1) is 0 Å². The summed E-state index contributed by atoms with van der Waals surface area (Å²) in [5.41, 5.74) is 1.63. The van der Waals surface area contributed by atoms with Gasteiger partial charge >= 0.3 is 0 Å². The van der Waals surface area contributed by atoms with E-state index in [0.29, 0.717) is 6.04 Å². The first-order chi connectivity index (χ1) is 5.91. The first-order valence-corrected chi connectivity index (χ1v) is 4.94. The fraction of sp³-hybridized carbons (Fsp3) is 0.667. The van der Waals surface area contributed by atoms with Crippen molar-refractivity contribution in [3.05, 3.63) is 23.8 Å².